The molecule has 1 aromatic rings. The SMILES string of the molecule is CN(c1cc(F)c(Br)cc1N)C1CCOC1. The normalized spacial score (nSPS) is 20.1. The fourth-order valence-electron chi connectivity index (χ4n) is 1.88. The predicted molar refractivity (Wildman–Crippen MR) is 66.1 cm³/mol. The second-order valence-corrected chi connectivity index (χ2v) is 4.81. The molecule has 88 valence electrons. The Labute approximate surface area is 102 Å². The quantitative estimate of drug-likeness (QED) is 0.850. The average molecular weight is 289 g/mol. The Morgan fingerprint density at radius 2 is 2.31 bits per heavy atom. The van der Waals surface area contributed by atoms with Gasteiger partial charge in [-0.1, -0.05) is 0 Å². The highest BCUT2D eigenvalue weighted by Crippen LogP contribution is 2.31. The van der Waals surface area contributed by atoms with Crippen molar-refractivity contribution in [1.29, 1.82) is 0 Å². The molecule has 1 aromatic carbocycles. The molecule has 1 fully saturated rings. The summed E-state index contributed by atoms with van der Waals surface area (Å²) in [5.74, 6) is -0.296. The molecular formula is C11H14BrFN2O. The molecule has 1 aliphatic rings. The summed E-state index contributed by atoms with van der Waals surface area (Å²) in [4.78, 5) is 1.98. The number of anilines is 2. The maximum Gasteiger partial charge on any atom is 0.139 e. The first-order valence-corrected chi connectivity index (χ1v) is 5.94. The number of nitrogens with two attached hydrogens (primary N) is 1. The van der Waals surface area contributed by atoms with E-state index < -0.39 is 0 Å². The number of hydrogen-bond donors (Lipinski definition) is 1. The predicted octanol–water partition coefficient (Wildman–Crippen LogP) is 2.40. The molecule has 16 heavy (non-hydrogen) atoms. The van der Waals surface area contributed by atoms with Crippen molar-refractivity contribution in [3.05, 3.63) is 22.4 Å². The van der Waals surface area contributed by atoms with E-state index in [1.165, 1.54) is 6.07 Å². The summed E-state index contributed by atoms with van der Waals surface area (Å²) in [5.41, 5.74) is 7.17. The van der Waals surface area contributed by atoms with E-state index in [4.69, 9.17) is 10.5 Å². The zero-order valence-corrected chi connectivity index (χ0v) is 10.6. The summed E-state index contributed by atoms with van der Waals surface area (Å²) < 4.78 is 19.1. The van der Waals surface area contributed by atoms with Crippen LogP contribution in [-0.4, -0.2) is 26.3 Å². The van der Waals surface area contributed by atoms with Gasteiger partial charge in [0.1, 0.15) is 5.82 Å². The third kappa shape index (κ3) is 2.15. The maximum atomic E-state index is 13.4. The van der Waals surface area contributed by atoms with Crippen molar-refractivity contribution in [3.63, 3.8) is 0 Å². The molecule has 0 aromatic heterocycles. The molecule has 1 heterocycles. The lowest BCUT2D eigenvalue weighted by Gasteiger charge is -2.26. The van der Waals surface area contributed by atoms with Crippen molar-refractivity contribution in [2.24, 2.45) is 0 Å². The summed E-state index contributed by atoms with van der Waals surface area (Å²) >= 11 is 3.11. The number of nitrogen functional groups attached to an aromatic ring is 1. The van der Waals surface area contributed by atoms with E-state index in [0.717, 1.165) is 18.7 Å². The van der Waals surface area contributed by atoms with Crippen molar-refractivity contribution in [2.45, 2.75) is 12.5 Å². The topological polar surface area (TPSA) is 38.5 Å². The fourth-order valence-corrected chi connectivity index (χ4v) is 2.24. The summed E-state index contributed by atoms with van der Waals surface area (Å²) in [5, 5.41) is 0. The van der Waals surface area contributed by atoms with Crippen LogP contribution in [0, 0.1) is 5.82 Å². The van der Waals surface area contributed by atoms with Gasteiger partial charge in [0.15, 0.2) is 0 Å². The summed E-state index contributed by atoms with van der Waals surface area (Å²) in [6.07, 6.45) is 0.952. The lowest BCUT2D eigenvalue weighted by molar-refractivity contribution is 0.193. The van der Waals surface area contributed by atoms with Gasteiger partial charge in [-0.3, -0.25) is 0 Å². The average Bonchev–Trinajstić information content (AvgIpc) is 2.75. The number of rotatable bonds is 2. The van der Waals surface area contributed by atoms with Gasteiger partial charge in [0, 0.05) is 19.7 Å². The molecule has 1 atom stereocenters. The lowest BCUT2D eigenvalue weighted by Crippen LogP contribution is -2.32. The van der Waals surface area contributed by atoms with Gasteiger partial charge in [0.25, 0.3) is 0 Å². The first-order valence-electron chi connectivity index (χ1n) is 5.14. The smallest absolute Gasteiger partial charge is 0.139 e. The highest BCUT2D eigenvalue weighted by Gasteiger charge is 2.22. The molecule has 0 aliphatic carbocycles. The molecule has 0 bridgehead atoms. The highest BCUT2D eigenvalue weighted by molar-refractivity contribution is 9.10. The molecule has 1 aliphatic heterocycles. The summed E-state index contributed by atoms with van der Waals surface area (Å²) in [6.45, 7) is 1.43. The number of ether oxygens (including phenoxy) is 1. The zero-order valence-electron chi connectivity index (χ0n) is 9.04. The van der Waals surface area contributed by atoms with Crippen LogP contribution in [0.15, 0.2) is 16.6 Å². The van der Waals surface area contributed by atoms with E-state index in [9.17, 15) is 4.39 Å². The molecule has 1 unspecified atom stereocenters. The number of halogens is 2. The minimum atomic E-state index is -0.296. The highest BCUT2D eigenvalue weighted by atomic mass is 79.9. The van der Waals surface area contributed by atoms with Gasteiger partial charge in [-0.2, -0.15) is 0 Å². The van der Waals surface area contributed by atoms with Gasteiger partial charge < -0.3 is 15.4 Å². The van der Waals surface area contributed by atoms with Gasteiger partial charge in [0.05, 0.1) is 28.5 Å². The summed E-state index contributed by atoms with van der Waals surface area (Å²) in [6, 6.07) is 3.33. The van der Waals surface area contributed by atoms with Crippen LogP contribution in [0.4, 0.5) is 15.8 Å². The van der Waals surface area contributed by atoms with Crippen molar-refractivity contribution in [2.75, 3.05) is 30.9 Å². The number of benzene rings is 1. The van der Waals surface area contributed by atoms with Crippen LogP contribution >= 0.6 is 15.9 Å². The Bertz CT molecular complexity index is 394. The third-order valence-electron chi connectivity index (χ3n) is 2.90. The van der Waals surface area contributed by atoms with Gasteiger partial charge in [-0.05, 0) is 28.4 Å². The largest absolute Gasteiger partial charge is 0.397 e. The van der Waals surface area contributed by atoms with E-state index in [0.29, 0.717) is 16.8 Å². The van der Waals surface area contributed by atoms with Crippen LogP contribution in [-0.2, 0) is 4.74 Å². The molecule has 2 rings (SSSR count). The Morgan fingerprint density at radius 1 is 1.56 bits per heavy atom. The van der Waals surface area contributed by atoms with Gasteiger partial charge >= 0.3 is 0 Å². The molecule has 3 nitrogen and oxygen atoms in total. The monoisotopic (exact) mass is 288 g/mol. The number of hydrogen-bond acceptors (Lipinski definition) is 3. The Hall–Kier alpha value is -0.810. The van der Waals surface area contributed by atoms with Crippen molar-refractivity contribution in [1.82, 2.24) is 0 Å². The van der Waals surface area contributed by atoms with Gasteiger partial charge in [-0.25, -0.2) is 4.39 Å². The Morgan fingerprint density at radius 3 is 2.94 bits per heavy atom. The van der Waals surface area contributed by atoms with Crippen LogP contribution in [0.25, 0.3) is 0 Å². The Balaban J connectivity index is 2.28. The molecule has 5 heteroatoms. The van der Waals surface area contributed by atoms with E-state index in [1.54, 1.807) is 6.07 Å². The van der Waals surface area contributed by atoms with Crippen molar-refractivity contribution < 1.29 is 9.13 Å². The van der Waals surface area contributed by atoms with E-state index >= 15 is 0 Å². The minimum Gasteiger partial charge on any atom is -0.397 e. The molecule has 0 spiro atoms. The molecule has 1 saturated heterocycles. The summed E-state index contributed by atoms with van der Waals surface area (Å²) in [7, 11) is 1.92. The zero-order chi connectivity index (χ0) is 11.7. The van der Waals surface area contributed by atoms with Crippen LogP contribution in [0.2, 0.25) is 0 Å². The second-order valence-electron chi connectivity index (χ2n) is 3.95. The van der Waals surface area contributed by atoms with Crippen molar-refractivity contribution >= 4 is 27.3 Å². The first kappa shape index (κ1) is 11.7. The van der Waals surface area contributed by atoms with E-state index in [-0.39, 0.29) is 11.9 Å². The van der Waals surface area contributed by atoms with E-state index in [1.807, 2.05) is 11.9 Å². The van der Waals surface area contributed by atoms with E-state index in [2.05, 4.69) is 15.9 Å². The molecule has 0 saturated carbocycles. The molecule has 0 radical (unpaired) electrons. The van der Waals surface area contributed by atoms with Crippen LogP contribution in [0.1, 0.15) is 6.42 Å². The van der Waals surface area contributed by atoms with Crippen LogP contribution < -0.4 is 10.6 Å². The fraction of sp³-hybridized carbons (Fsp3) is 0.455. The van der Waals surface area contributed by atoms with Gasteiger partial charge in [0.2, 0.25) is 0 Å². The van der Waals surface area contributed by atoms with Crippen molar-refractivity contribution in [3.8, 4) is 0 Å². The van der Waals surface area contributed by atoms with Crippen LogP contribution in [0.3, 0.4) is 0 Å². The van der Waals surface area contributed by atoms with Crippen LogP contribution in [0.5, 0.6) is 0 Å². The lowest BCUT2D eigenvalue weighted by atomic mass is 10.2. The van der Waals surface area contributed by atoms with Gasteiger partial charge in [-0.15, -0.1) is 0 Å². The molecule has 0 amide bonds. The number of nitrogens with zero attached hydrogens (tertiary/aromatic N) is 1. The maximum absolute atomic E-state index is 13.4. The Kier molecular flexibility index (Phi) is 3.35. The minimum absolute atomic E-state index is 0.280. The molecule has 2 N–H and O–H groups in total. The molecular weight excluding hydrogens is 275 g/mol. The third-order valence-corrected chi connectivity index (χ3v) is 3.51. The standard InChI is InChI=1S/C11H14BrFN2O/c1-15(7-2-3-16-6-7)11-5-9(13)8(12)4-10(11)14/h4-5,7H,2-3,6,14H2,1H3. The number of likely N-dealkylation sites (N-methyl/N-ethyl adjacent to an activating group) is 1. The first-order chi connectivity index (χ1) is 7.59. The second kappa shape index (κ2) is 4.59.